The number of hydrogen-bond acceptors (Lipinski definition) is 6. The van der Waals surface area contributed by atoms with E-state index in [1.54, 1.807) is 13.1 Å². The van der Waals surface area contributed by atoms with Crippen LogP contribution in [-0.4, -0.2) is 38.5 Å². The summed E-state index contributed by atoms with van der Waals surface area (Å²) in [7, 11) is 0. The van der Waals surface area contributed by atoms with Gasteiger partial charge in [0, 0.05) is 24.4 Å². The Morgan fingerprint density at radius 2 is 2.26 bits per heavy atom. The number of pyridine rings is 1. The lowest BCUT2D eigenvalue weighted by Gasteiger charge is -2.38. The van der Waals surface area contributed by atoms with E-state index < -0.39 is 0 Å². The van der Waals surface area contributed by atoms with E-state index in [1.807, 2.05) is 18.2 Å². The molecule has 0 bridgehead atoms. The Morgan fingerprint density at radius 1 is 1.43 bits per heavy atom. The molecule has 7 nitrogen and oxygen atoms in total. The van der Waals surface area contributed by atoms with E-state index in [9.17, 15) is 9.90 Å². The van der Waals surface area contributed by atoms with Crippen molar-refractivity contribution in [3.8, 4) is 0 Å². The second-order valence-electron chi connectivity index (χ2n) is 6.06. The molecule has 1 atom stereocenters. The first-order chi connectivity index (χ1) is 11.1. The van der Waals surface area contributed by atoms with E-state index in [2.05, 4.69) is 25.2 Å². The van der Waals surface area contributed by atoms with Gasteiger partial charge in [0.1, 0.15) is 11.4 Å². The fraction of sp³-hybridized carbons (Fsp3) is 0.500. The lowest BCUT2D eigenvalue weighted by molar-refractivity contribution is -0.122. The van der Waals surface area contributed by atoms with Gasteiger partial charge in [0.25, 0.3) is 0 Å². The summed E-state index contributed by atoms with van der Waals surface area (Å²) in [6.07, 6.45) is 3.70. The van der Waals surface area contributed by atoms with Crippen LogP contribution in [0.25, 0.3) is 0 Å². The van der Waals surface area contributed by atoms with Crippen molar-refractivity contribution in [2.45, 2.75) is 44.8 Å². The van der Waals surface area contributed by atoms with Crippen molar-refractivity contribution in [3.05, 3.63) is 41.5 Å². The molecule has 2 N–H and O–H groups in total. The van der Waals surface area contributed by atoms with Crippen LogP contribution in [0.4, 0.5) is 0 Å². The zero-order valence-electron chi connectivity index (χ0n) is 13.0. The molecule has 23 heavy (non-hydrogen) atoms. The van der Waals surface area contributed by atoms with Crippen molar-refractivity contribution in [1.29, 1.82) is 0 Å². The summed E-state index contributed by atoms with van der Waals surface area (Å²) in [6, 6.07) is 5.70. The lowest BCUT2D eigenvalue weighted by atomic mass is 9.76. The minimum Gasteiger partial charge on any atom is -0.393 e. The number of carbonyl (C=O) groups is 1. The van der Waals surface area contributed by atoms with Gasteiger partial charge in [-0.25, -0.2) is 4.63 Å². The Bertz CT molecular complexity index is 652. The topological polar surface area (TPSA) is 101 Å². The van der Waals surface area contributed by atoms with Crippen LogP contribution in [0.15, 0.2) is 29.0 Å². The van der Waals surface area contributed by atoms with Crippen LogP contribution in [0.5, 0.6) is 0 Å². The number of amides is 1. The van der Waals surface area contributed by atoms with E-state index in [0.717, 1.165) is 5.69 Å². The molecule has 0 aliphatic heterocycles. The fourth-order valence-electron chi connectivity index (χ4n) is 2.86. The van der Waals surface area contributed by atoms with E-state index >= 15 is 0 Å². The van der Waals surface area contributed by atoms with Crippen molar-refractivity contribution in [2.75, 3.05) is 0 Å². The summed E-state index contributed by atoms with van der Waals surface area (Å²) in [6.45, 7) is 1.76. The predicted molar refractivity (Wildman–Crippen MR) is 81.3 cm³/mol. The fourth-order valence-corrected chi connectivity index (χ4v) is 2.86. The van der Waals surface area contributed by atoms with Crippen LogP contribution in [-0.2, 0) is 17.6 Å². The molecule has 0 unspecified atom stereocenters. The Balaban J connectivity index is 1.63. The first kappa shape index (κ1) is 15.6. The minimum absolute atomic E-state index is 0.0408. The zero-order chi connectivity index (χ0) is 16.2. The molecule has 0 radical (unpaired) electrons. The van der Waals surface area contributed by atoms with Gasteiger partial charge in [0.05, 0.1) is 12.5 Å². The van der Waals surface area contributed by atoms with Crippen molar-refractivity contribution >= 4 is 5.91 Å². The molecule has 2 aromatic heterocycles. The third kappa shape index (κ3) is 3.92. The van der Waals surface area contributed by atoms with Gasteiger partial charge >= 0.3 is 0 Å². The smallest absolute Gasteiger partial charge is 0.226 e. The number of aliphatic hydroxyl groups is 1. The van der Waals surface area contributed by atoms with Gasteiger partial charge in [-0.1, -0.05) is 16.4 Å². The Kier molecular flexibility index (Phi) is 4.66. The molecule has 1 aliphatic carbocycles. The number of aromatic nitrogens is 3. The van der Waals surface area contributed by atoms with Crippen molar-refractivity contribution < 1.29 is 14.5 Å². The average molecular weight is 316 g/mol. The van der Waals surface area contributed by atoms with Gasteiger partial charge < -0.3 is 10.4 Å². The van der Waals surface area contributed by atoms with Crippen molar-refractivity contribution in [2.24, 2.45) is 5.92 Å². The van der Waals surface area contributed by atoms with Gasteiger partial charge in [-0.15, -0.1) is 0 Å². The Labute approximate surface area is 134 Å². The minimum atomic E-state index is -0.259. The average Bonchev–Trinajstić information content (AvgIpc) is 2.89. The number of carbonyl (C=O) groups excluding carboxylic acids is 1. The quantitative estimate of drug-likeness (QED) is 0.818. The molecule has 0 spiro atoms. The number of aryl methyl sites for hydroxylation is 1. The van der Waals surface area contributed by atoms with E-state index in [1.165, 1.54) is 0 Å². The number of nitrogens with one attached hydrogen (secondary N) is 1. The van der Waals surface area contributed by atoms with Crippen LogP contribution in [0, 0.1) is 12.8 Å². The third-order valence-corrected chi connectivity index (χ3v) is 4.29. The Morgan fingerprint density at radius 3 is 2.87 bits per heavy atom. The molecular formula is C16H20N4O3. The Hall–Kier alpha value is -2.28. The molecule has 1 amide bonds. The monoisotopic (exact) mass is 316 g/mol. The van der Waals surface area contributed by atoms with Crippen molar-refractivity contribution in [1.82, 2.24) is 20.6 Å². The molecule has 1 saturated carbocycles. The predicted octanol–water partition coefficient (Wildman–Crippen LogP) is 0.814. The van der Waals surface area contributed by atoms with Crippen LogP contribution in [0.2, 0.25) is 0 Å². The number of rotatable bonds is 6. The second kappa shape index (κ2) is 6.87. The third-order valence-electron chi connectivity index (χ3n) is 4.29. The second-order valence-corrected chi connectivity index (χ2v) is 6.06. The van der Waals surface area contributed by atoms with Crippen LogP contribution >= 0.6 is 0 Å². The van der Waals surface area contributed by atoms with Crippen LogP contribution < -0.4 is 5.32 Å². The highest BCUT2D eigenvalue weighted by molar-refractivity contribution is 5.78. The number of aliphatic hydroxyl groups excluding tert-OH is 1. The van der Waals surface area contributed by atoms with E-state index in [4.69, 9.17) is 0 Å². The SMILES string of the molecule is Cc1nonc1CC(=O)N[C@H](Cc1ccccn1)C1CC(O)C1. The molecule has 2 heterocycles. The van der Waals surface area contributed by atoms with E-state index in [-0.39, 0.29) is 30.4 Å². The highest BCUT2D eigenvalue weighted by Gasteiger charge is 2.35. The molecular weight excluding hydrogens is 296 g/mol. The summed E-state index contributed by atoms with van der Waals surface area (Å²) >= 11 is 0. The van der Waals surface area contributed by atoms with E-state index in [0.29, 0.717) is 30.7 Å². The standard InChI is InChI=1S/C16H20N4O3/c1-10-14(20-23-19-10)9-16(22)18-15(11-6-13(21)7-11)8-12-4-2-3-5-17-12/h2-5,11,13,15,21H,6-9H2,1H3,(H,18,22)/t11?,13?,15-/m1/s1. The highest BCUT2D eigenvalue weighted by atomic mass is 16.6. The first-order valence-corrected chi connectivity index (χ1v) is 7.77. The zero-order valence-corrected chi connectivity index (χ0v) is 13.0. The van der Waals surface area contributed by atoms with Gasteiger partial charge in [0.2, 0.25) is 5.91 Å². The highest BCUT2D eigenvalue weighted by Crippen LogP contribution is 2.31. The van der Waals surface area contributed by atoms with Gasteiger partial charge in [0.15, 0.2) is 0 Å². The van der Waals surface area contributed by atoms with Gasteiger partial charge in [-0.05, 0) is 37.8 Å². The maximum Gasteiger partial charge on any atom is 0.226 e. The summed E-state index contributed by atoms with van der Waals surface area (Å²) in [5.74, 6) is 0.151. The number of nitrogens with zero attached hydrogens (tertiary/aromatic N) is 3. The lowest BCUT2D eigenvalue weighted by Crippen LogP contribution is -2.48. The molecule has 7 heteroatoms. The van der Waals surface area contributed by atoms with Gasteiger partial charge in [-0.3, -0.25) is 9.78 Å². The van der Waals surface area contributed by atoms with Crippen LogP contribution in [0.1, 0.15) is 29.9 Å². The molecule has 3 rings (SSSR count). The summed E-state index contributed by atoms with van der Waals surface area (Å²) in [4.78, 5) is 16.6. The first-order valence-electron chi connectivity index (χ1n) is 7.77. The summed E-state index contributed by atoms with van der Waals surface area (Å²) in [5, 5.41) is 20.0. The molecule has 0 aromatic carbocycles. The number of hydrogen-bond donors (Lipinski definition) is 2. The normalized spacial score (nSPS) is 21.5. The van der Waals surface area contributed by atoms with Crippen molar-refractivity contribution in [3.63, 3.8) is 0 Å². The maximum absolute atomic E-state index is 12.3. The molecule has 2 aromatic rings. The molecule has 0 saturated heterocycles. The molecule has 1 aliphatic rings. The maximum atomic E-state index is 12.3. The summed E-state index contributed by atoms with van der Waals surface area (Å²) in [5.41, 5.74) is 2.10. The molecule has 122 valence electrons. The van der Waals surface area contributed by atoms with Gasteiger partial charge in [-0.2, -0.15) is 0 Å². The summed E-state index contributed by atoms with van der Waals surface area (Å²) < 4.78 is 4.62. The van der Waals surface area contributed by atoms with Crippen LogP contribution in [0.3, 0.4) is 0 Å². The largest absolute Gasteiger partial charge is 0.393 e. The molecule has 1 fully saturated rings.